The molecule has 0 amide bonds. The molecule has 1 aliphatic heterocycles. The van der Waals surface area contributed by atoms with Gasteiger partial charge in [-0.2, -0.15) is 0 Å². The predicted octanol–water partition coefficient (Wildman–Crippen LogP) is 5.80. The Kier molecular flexibility index (Phi) is 8.39. The molecule has 4 rings (SSSR count). The number of nitrogens with one attached hydrogen (secondary N) is 1. The standard InChI is InChI=1S/C19H17NO2.C8H15N/c1-2-19(22-13-14-6-4-3-5-7-14)16-10-11-20-18-9-8-15(21)12-17(16)18;1-3-8-6-9-5-4-7(8)2/h2-12,19,21H,1,13H2;3,7-9H,1,4-6H2,2H3. The Bertz CT molecular complexity index is 987. The SMILES string of the molecule is C=CC(OCc1ccccc1)c1ccnc2ccc(O)cc12.C=CC1CNCCC1C. The molecule has 4 heteroatoms. The first-order valence-corrected chi connectivity index (χ1v) is 10.8. The summed E-state index contributed by atoms with van der Waals surface area (Å²) in [6, 6.07) is 17.0. The van der Waals surface area contributed by atoms with Crippen molar-refractivity contribution in [2.75, 3.05) is 13.1 Å². The monoisotopic (exact) mass is 416 g/mol. The summed E-state index contributed by atoms with van der Waals surface area (Å²) in [6.45, 7) is 12.8. The summed E-state index contributed by atoms with van der Waals surface area (Å²) < 4.78 is 5.98. The van der Waals surface area contributed by atoms with Gasteiger partial charge in [-0.1, -0.05) is 49.4 Å². The van der Waals surface area contributed by atoms with Gasteiger partial charge in [-0.05, 0) is 60.2 Å². The Hall–Kier alpha value is -2.95. The molecule has 31 heavy (non-hydrogen) atoms. The molecule has 0 saturated carbocycles. The van der Waals surface area contributed by atoms with Gasteiger partial charge in [-0.25, -0.2) is 0 Å². The molecule has 0 spiro atoms. The number of phenolic OH excluding ortho intramolecular Hbond substituents is 1. The molecule has 162 valence electrons. The first-order chi connectivity index (χ1) is 15.1. The van der Waals surface area contributed by atoms with Gasteiger partial charge in [0.15, 0.2) is 0 Å². The lowest BCUT2D eigenvalue weighted by molar-refractivity contribution is 0.0729. The number of pyridine rings is 1. The number of phenols is 1. The van der Waals surface area contributed by atoms with Gasteiger partial charge >= 0.3 is 0 Å². The molecule has 1 aromatic heterocycles. The molecule has 3 unspecified atom stereocenters. The van der Waals surface area contributed by atoms with E-state index in [9.17, 15) is 5.11 Å². The first-order valence-electron chi connectivity index (χ1n) is 10.8. The number of piperidine rings is 1. The second-order valence-corrected chi connectivity index (χ2v) is 7.92. The van der Waals surface area contributed by atoms with Gasteiger partial charge in [0.25, 0.3) is 0 Å². The summed E-state index contributed by atoms with van der Waals surface area (Å²) in [6.07, 6.45) is 6.62. The predicted molar refractivity (Wildman–Crippen MR) is 128 cm³/mol. The Morgan fingerprint density at radius 3 is 2.68 bits per heavy atom. The summed E-state index contributed by atoms with van der Waals surface area (Å²) in [7, 11) is 0. The van der Waals surface area contributed by atoms with Gasteiger partial charge in [0.2, 0.25) is 0 Å². The molecule has 0 aliphatic carbocycles. The van der Waals surface area contributed by atoms with E-state index in [1.54, 1.807) is 30.5 Å². The van der Waals surface area contributed by atoms with E-state index in [1.807, 2.05) is 36.4 Å². The fourth-order valence-corrected chi connectivity index (χ4v) is 3.78. The van der Waals surface area contributed by atoms with Crippen LogP contribution in [0.4, 0.5) is 0 Å². The number of aromatic nitrogens is 1. The number of fused-ring (bicyclic) bond motifs is 1. The van der Waals surface area contributed by atoms with Crippen LogP contribution >= 0.6 is 0 Å². The van der Waals surface area contributed by atoms with Crippen LogP contribution in [0.25, 0.3) is 10.9 Å². The molecule has 1 fully saturated rings. The number of hydrogen-bond acceptors (Lipinski definition) is 4. The Morgan fingerprint density at radius 1 is 1.19 bits per heavy atom. The number of aromatic hydroxyl groups is 1. The minimum Gasteiger partial charge on any atom is -0.508 e. The highest BCUT2D eigenvalue weighted by molar-refractivity contribution is 5.84. The Labute approximate surface area is 185 Å². The van der Waals surface area contributed by atoms with E-state index >= 15 is 0 Å². The largest absolute Gasteiger partial charge is 0.508 e. The van der Waals surface area contributed by atoms with Crippen LogP contribution in [0.3, 0.4) is 0 Å². The second kappa shape index (κ2) is 11.4. The fraction of sp³-hybridized carbons (Fsp3) is 0.296. The van der Waals surface area contributed by atoms with Crippen molar-refractivity contribution in [1.82, 2.24) is 10.3 Å². The third-order valence-electron chi connectivity index (χ3n) is 5.74. The Morgan fingerprint density at radius 2 is 2.00 bits per heavy atom. The lowest BCUT2D eigenvalue weighted by Gasteiger charge is -2.26. The summed E-state index contributed by atoms with van der Waals surface area (Å²) in [5, 5.41) is 13.9. The van der Waals surface area contributed by atoms with Gasteiger partial charge in [0.1, 0.15) is 11.9 Å². The summed E-state index contributed by atoms with van der Waals surface area (Å²) >= 11 is 0. The average Bonchev–Trinajstić information content (AvgIpc) is 2.81. The normalized spacial score (nSPS) is 19.1. The minimum absolute atomic E-state index is 0.215. The van der Waals surface area contributed by atoms with Crippen LogP contribution < -0.4 is 5.32 Å². The van der Waals surface area contributed by atoms with Crippen molar-refractivity contribution in [2.45, 2.75) is 26.1 Å². The zero-order chi connectivity index (χ0) is 22.1. The number of nitrogens with zero attached hydrogens (tertiary/aromatic N) is 1. The van der Waals surface area contributed by atoms with E-state index in [-0.39, 0.29) is 11.9 Å². The Balaban J connectivity index is 0.000000254. The van der Waals surface area contributed by atoms with Crippen molar-refractivity contribution in [1.29, 1.82) is 0 Å². The molecular weight excluding hydrogens is 384 g/mol. The molecule has 3 atom stereocenters. The van der Waals surface area contributed by atoms with Crippen LogP contribution in [-0.2, 0) is 11.3 Å². The maximum Gasteiger partial charge on any atom is 0.116 e. The van der Waals surface area contributed by atoms with E-state index < -0.39 is 0 Å². The fourth-order valence-electron chi connectivity index (χ4n) is 3.78. The van der Waals surface area contributed by atoms with Crippen LogP contribution in [-0.4, -0.2) is 23.2 Å². The minimum atomic E-state index is -0.257. The lowest BCUT2D eigenvalue weighted by Crippen LogP contribution is -2.34. The molecule has 4 nitrogen and oxygen atoms in total. The third kappa shape index (κ3) is 6.27. The quantitative estimate of drug-likeness (QED) is 0.499. The molecule has 0 bridgehead atoms. The maximum atomic E-state index is 9.72. The average molecular weight is 417 g/mol. The van der Waals surface area contributed by atoms with Crippen molar-refractivity contribution in [3.05, 3.63) is 97.2 Å². The van der Waals surface area contributed by atoms with E-state index in [0.29, 0.717) is 12.5 Å². The molecular formula is C27H32N2O2. The molecule has 1 saturated heterocycles. The number of benzene rings is 2. The summed E-state index contributed by atoms with van der Waals surface area (Å²) in [5.41, 5.74) is 2.88. The molecule has 3 aromatic rings. The summed E-state index contributed by atoms with van der Waals surface area (Å²) in [4.78, 5) is 4.32. The molecule has 1 aliphatic rings. The highest BCUT2D eigenvalue weighted by atomic mass is 16.5. The van der Waals surface area contributed by atoms with E-state index in [2.05, 4.69) is 36.5 Å². The van der Waals surface area contributed by atoms with Crippen molar-refractivity contribution in [2.24, 2.45) is 11.8 Å². The maximum absolute atomic E-state index is 9.72. The van der Waals surface area contributed by atoms with E-state index in [1.165, 1.54) is 13.0 Å². The van der Waals surface area contributed by atoms with Crippen LogP contribution in [0.1, 0.15) is 30.6 Å². The van der Waals surface area contributed by atoms with Crippen molar-refractivity contribution >= 4 is 10.9 Å². The highest BCUT2D eigenvalue weighted by Gasteiger charge is 2.17. The topological polar surface area (TPSA) is 54.4 Å². The first kappa shape index (κ1) is 22.7. The van der Waals surface area contributed by atoms with Crippen LogP contribution in [0.2, 0.25) is 0 Å². The molecule has 2 heterocycles. The molecule has 2 aromatic carbocycles. The highest BCUT2D eigenvalue weighted by Crippen LogP contribution is 2.29. The van der Waals surface area contributed by atoms with Gasteiger partial charge in [0, 0.05) is 18.1 Å². The van der Waals surface area contributed by atoms with Gasteiger partial charge in [-0.3, -0.25) is 4.98 Å². The smallest absolute Gasteiger partial charge is 0.116 e. The molecule has 2 N–H and O–H groups in total. The van der Waals surface area contributed by atoms with Crippen molar-refractivity contribution in [3.63, 3.8) is 0 Å². The number of hydrogen-bond donors (Lipinski definition) is 2. The van der Waals surface area contributed by atoms with Crippen LogP contribution in [0.15, 0.2) is 86.1 Å². The zero-order valence-corrected chi connectivity index (χ0v) is 18.2. The van der Waals surface area contributed by atoms with Gasteiger partial charge in [-0.15, -0.1) is 13.2 Å². The van der Waals surface area contributed by atoms with Crippen LogP contribution in [0, 0.1) is 11.8 Å². The zero-order valence-electron chi connectivity index (χ0n) is 18.2. The third-order valence-corrected chi connectivity index (χ3v) is 5.74. The van der Waals surface area contributed by atoms with Gasteiger partial charge in [0.05, 0.1) is 12.1 Å². The number of rotatable bonds is 6. The number of ether oxygens (including phenoxy) is 1. The van der Waals surface area contributed by atoms with E-state index in [4.69, 9.17) is 4.74 Å². The lowest BCUT2D eigenvalue weighted by atomic mass is 9.88. The van der Waals surface area contributed by atoms with Gasteiger partial charge < -0.3 is 15.2 Å². The van der Waals surface area contributed by atoms with Crippen LogP contribution in [0.5, 0.6) is 5.75 Å². The summed E-state index contributed by atoms with van der Waals surface area (Å²) in [5.74, 6) is 1.76. The second-order valence-electron chi connectivity index (χ2n) is 7.92. The van der Waals surface area contributed by atoms with Crippen molar-refractivity contribution < 1.29 is 9.84 Å². The van der Waals surface area contributed by atoms with E-state index in [0.717, 1.165) is 34.5 Å². The van der Waals surface area contributed by atoms with Crippen molar-refractivity contribution in [3.8, 4) is 5.75 Å². The molecule has 0 radical (unpaired) electrons.